The number of nitrogens with two attached hydrogens (primary N) is 1. The zero-order valence-corrected chi connectivity index (χ0v) is 11.9. The van der Waals surface area contributed by atoms with E-state index < -0.39 is 5.82 Å². The summed E-state index contributed by atoms with van der Waals surface area (Å²) in [5.41, 5.74) is 6.88. The van der Waals surface area contributed by atoms with Crippen molar-refractivity contribution in [2.75, 3.05) is 0 Å². The molecule has 4 N–H and O–H groups in total. The Hall–Kier alpha value is -2.35. The van der Waals surface area contributed by atoms with E-state index in [1.165, 1.54) is 30.0 Å². The van der Waals surface area contributed by atoms with Crippen LogP contribution in [0.3, 0.4) is 0 Å². The number of hydrogen-bond acceptors (Lipinski definition) is 5. The van der Waals surface area contributed by atoms with Crippen molar-refractivity contribution in [3.05, 3.63) is 57.3 Å². The molecule has 2 aromatic rings. The summed E-state index contributed by atoms with van der Waals surface area (Å²) in [6.07, 6.45) is 0. The fourth-order valence-electron chi connectivity index (χ4n) is 1.73. The van der Waals surface area contributed by atoms with Gasteiger partial charge in [-0.25, -0.2) is 9.37 Å². The van der Waals surface area contributed by atoms with E-state index in [9.17, 15) is 9.18 Å². The summed E-state index contributed by atoms with van der Waals surface area (Å²) in [6, 6.07) is 5.42. The molecule has 0 saturated heterocycles. The normalized spacial score (nSPS) is 11.6. The summed E-state index contributed by atoms with van der Waals surface area (Å²) in [5, 5.41) is 12.1. The Balaban J connectivity index is 2.25. The first-order valence-electron chi connectivity index (χ1n) is 5.96. The van der Waals surface area contributed by atoms with Gasteiger partial charge in [0.15, 0.2) is 11.0 Å². The molecule has 0 spiro atoms. The Morgan fingerprint density at radius 1 is 1.52 bits per heavy atom. The number of rotatable bonds is 4. The minimum Gasteiger partial charge on any atom is -0.409 e. The summed E-state index contributed by atoms with van der Waals surface area (Å²) in [4.78, 5) is 18.1. The van der Waals surface area contributed by atoms with E-state index in [2.05, 4.69) is 15.1 Å². The lowest BCUT2D eigenvalue weighted by Gasteiger charge is -2.08. The average Bonchev–Trinajstić information content (AvgIpc) is 2.44. The van der Waals surface area contributed by atoms with Crippen LogP contribution in [0, 0.1) is 12.7 Å². The number of H-pyrrole nitrogens is 1. The first kappa shape index (κ1) is 15.0. The van der Waals surface area contributed by atoms with Gasteiger partial charge in [0.25, 0.3) is 5.56 Å². The number of nitrogens with zero attached hydrogens (tertiary/aromatic N) is 2. The zero-order valence-electron chi connectivity index (χ0n) is 11.1. The molecular formula is C13H13FN4O2S. The van der Waals surface area contributed by atoms with Crippen LogP contribution in [0.2, 0.25) is 0 Å². The van der Waals surface area contributed by atoms with E-state index in [0.29, 0.717) is 27.7 Å². The molecule has 1 aromatic heterocycles. The highest BCUT2D eigenvalue weighted by Crippen LogP contribution is 2.22. The summed E-state index contributed by atoms with van der Waals surface area (Å²) in [7, 11) is 0. The van der Waals surface area contributed by atoms with E-state index >= 15 is 0 Å². The Morgan fingerprint density at radius 3 is 2.95 bits per heavy atom. The molecule has 1 heterocycles. The highest BCUT2D eigenvalue weighted by molar-refractivity contribution is 7.98. The molecule has 0 atom stereocenters. The van der Waals surface area contributed by atoms with Gasteiger partial charge in [-0.1, -0.05) is 23.0 Å². The van der Waals surface area contributed by atoms with Crippen molar-refractivity contribution < 1.29 is 9.60 Å². The van der Waals surface area contributed by atoms with Gasteiger partial charge >= 0.3 is 0 Å². The molecule has 0 aliphatic rings. The molecule has 0 fully saturated rings. The molecule has 6 nitrogen and oxygen atoms in total. The Bertz CT molecular complexity index is 745. The molecule has 21 heavy (non-hydrogen) atoms. The molecule has 8 heteroatoms. The van der Waals surface area contributed by atoms with Crippen molar-refractivity contribution in [1.82, 2.24) is 9.97 Å². The van der Waals surface area contributed by atoms with Gasteiger partial charge in [-0.05, 0) is 24.6 Å². The number of nitrogens with one attached hydrogen (secondary N) is 1. The second kappa shape index (κ2) is 6.40. The van der Waals surface area contributed by atoms with E-state index in [0.717, 1.165) is 0 Å². The largest absolute Gasteiger partial charge is 0.409 e. The lowest BCUT2D eigenvalue weighted by molar-refractivity contribution is 0.318. The maximum absolute atomic E-state index is 13.3. The van der Waals surface area contributed by atoms with Crippen LogP contribution < -0.4 is 11.3 Å². The first-order valence-corrected chi connectivity index (χ1v) is 6.95. The summed E-state index contributed by atoms with van der Waals surface area (Å²) < 4.78 is 13.3. The number of amidine groups is 1. The number of benzene rings is 1. The van der Waals surface area contributed by atoms with Crippen LogP contribution in [0.1, 0.15) is 16.8 Å². The number of aromatic nitrogens is 2. The monoisotopic (exact) mass is 308 g/mol. The predicted molar refractivity (Wildman–Crippen MR) is 78.1 cm³/mol. The summed E-state index contributed by atoms with van der Waals surface area (Å²) in [6.45, 7) is 1.72. The third-order valence-electron chi connectivity index (χ3n) is 2.67. The van der Waals surface area contributed by atoms with Gasteiger partial charge in [0, 0.05) is 23.1 Å². The number of oxime groups is 1. The van der Waals surface area contributed by atoms with Crippen LogP contribution in [0.15, 0.2) is 39.4 Å². The van der Waals surface area contributed by atoms with Crippen molar-refractivity contribution in [1.29, 1.82) is 0 Å². The molecule has 0 unspecified atom stereocenters. The third-order valence-corrected chi connectivity index (χ3v) is 3.59. The number of halogens is 1. The minimum atomic E-state index is -0.479. The maximum Gasteiger partial charge on any atom is 0.251 e. The molecule has 1 aromatic carbocycles. The van der Waals surface area contributed by atoms with Crippen LogP contribution in [0.5, 0.6) is 0 Å². The molecule has 0 saturated carbocycles. The summed E-state index contributed by atoms with van der Waals surface area (Å²) in [5.74, 6) is -0.263. The predicted octanol–water partition coefficient (Wildman–Crippen LogP) is 1.60. The standard InChI is InChI=1S/C13H13FN4O2S/c1-7-4-11(19)17-13(16-7)21-6-8-2-3-9(14)5-10(8)12(15)18-20/h2-5,20H,6H2,1H3,(H2,15,18)(H,16,17,19). The molecule has 0 aliphatic heterocycles. The highest BCUT2D eigenvalue weighted by Gasteiger charge is 2.10. The van der Waals surface area contributed by atoms with E-state index in [-0.39, 0.29) is 11.4 Å². The zero-order chi connectivity index (χ0) is 15.4. The number of aryl methyl sites for hydroxylation is 1. The van der Waals surface area contributed by atoms with Crippen molar-refractivity contribution in [3.8, 4) is 0 Å². The quantitative estimate of drug-likeness (QED) is 0.199. The number of thioether (sulfide) groups is 1. The van der Waals surface area contributed by atoms with Gasteiger partial charge < -0.3 is 15.9 Å². The minimum absolute atomic E-state index is 0.171. The molecule has 0 radical (unpaired) electrons. The lowest BCUT2D eigenvalue weighted by atomic mass is 10.1. The Labute approximate surface area is 123 Å². The molecule has 2 rings (SSSR count). The smallest absolute Gasteiger partial charge is 0.251 e. The van der Waals surface area contributed by atoms with Gasteiger partial charge in [0.2, 0.25) is 0 Å². The van der Waals surface area contributed by atoms with Gasteiger partial charge in [0.05, 0.1) is 0 Å². The van der Waals surface area contributed by atoms with Crippen LogP contribution in [-0.4, -0.2) is 21.0 Å². The van der Waals surface area contributed by atoms with Crippen LogP contribution in [0.4, 0.5) is 4.39 Å². The molecular weight excluding hydrogens is 295 g/mol. The fraction of sp³-hybridized carbons (Fsp3) is 0.154. The molecule has 110 valence electrons. The van der Waals surface area contributed by atoms with Crippen LogP contribution in [-0.2, 0) is 5.75 Å². The van der Waals surface area contributed by atoms with Gasteiger partial charge in [-0.3, -0.25) is 4.79 Å². The lowest BCUT2D eigenvalue weighted by Crippen LogP contribution is -2.16. The molecule has 0 aliphatic carbocycles. The fourth-order valence-corrected chi connectivity index (χ4v) is 2.66. The van der Waals surface area contributed by atoms with Crippen molar-refractivity contribution in [3.63, 3.8) is 0 Å². The molecule has 0 amide bonds. The highest BCUT2D eigenvalue weighted by atomic mass is 32.2. The van der Waals surface area contributed by atoms with Gasteiger partial charge in [-0.2, -0.15) is 0 Å². The third kappa shape index (κ3) is 3.82. The van der Waals surface area contributed by atoms with E-state index in [4.69, 9.17) is 10.9 Å². The maximum atomic E-state index is 13.3. The van der Waals surface area contributed by atoms with E-state index in [1.807, 2.05) is 0 Å². The second-order valence-corrected chi connectivity index (χ2v) is 5.23. The van der Waals surface area contributed by atoms with E-state index in [1.54, 1.807) is 13.0 Å². The SMILES string of the molecule is Cc1cc(=O)[nH]c(SCc2ccc(F)cc2C(N)=NO)n1. The Kier molecular flexibility index (Phi) is 4.59. The van der Waals surface area contributed by atoms with Crippen molar-refractivity contribution in [2.24, 2.45) is 10.9 Å². The number of aromatic amines is 1. The van der Waals surface area contributed by atoms with Crippen molar-refractivity contribution >= 4 is 17.6 Å². The molecule has 0 bridgehead atoms. The van der Waals surface area contributed by atoms with Crippen LogP contribution in [0.25, 0.3) is 0 Å². The summed E-state index contributed by atoms with van der Waals surface area (Å²) >= 11 is 1.27. The first-order chi connectivity index (χ1) is 9.99. The second-order valence-electron chi connectivity index (χ2n) is 4.27. The van der Waals surface area contributed by atoms with Crippen molar-refractivity contribution in [2.45, 2.75) is 17.8 Å². The number of hydrogen-bond donors (Lipinski definition) is 3. The van der Waals surface area contributed by atoms with Gasteiger partial charge in [0.1, 0.15) is 5.82 Å². The Morgan fingerprint density at radius 2 is 2.29 bits per heavy atom. The van der Waals surface area contributed by atoms with Gasteiger partial charge in [-0.15, -0.1) is 0 Å². The average molecular weight is 308 g/mol. The van der Waals surface area contributed by atoms with Crippen LogP contribution >= 0.6 is 11.8 Å². The topological polar surface area (TPSA) is 104 Å².